The van der Waals surface area contributed by atoms with Crippen molar-refractivity contribution in [3.8, 4) is 67.6 Å². The quantitative estimate of drug-likeness (QED) is 0.0319. The molecule has 786 valence electrons. The molecule has 0 spiro atoms. The maximum atomic E-state index is 14.7. The number of anilines is 5. The maximum Gasteiger partial charge on any atom is 0.231 e. The van der Waals surface area contributed by atoms with Gasteiger partial charge in [0.1, 0.15) is 24.1 Å². The van der Waals surface area contributed by atoms with Gasteiger partial charge in [-0.25, -0.2) is 77.4 Å². The Balaban J connectivity index is 0.000000133. The first-order valence-electron chi connectivity index (χ1n) is 50.7. The topological polar surface area (TPSA) is 409 Å². The van der Waals surface area contributed by atoms with Gasteiger partial charge in [-0.15, -0.1) is 0 Å². The molecule has 5 aliphatic heterocycles. The van der Waals surface area contributed by atoms with E-state index in [0.29, 0.717) is 107 Å². The number of methoxy groups -OCH3 is 1. The van der Waals surface area contributed by atoms with E-state index in [1.165, 1.54) is 30.1 Å². The van der Waals surface area contributed by atoms with Gasteiger partial charge < -0.3 is 31.3 Å². The number of rotatable bonds is 27. The number of hydrogen-bond acceptors (Lipinski definition) is 27. The molecule has 15 heterocycles. The Kier molecular flexibility index (Phi) is 35.8. The number of alkyl halides is 1. The van der Waals surface area contributed by atoms with Crippen LogP contribution in [0.4, 0.5) is 37.2 Å². The van der Waals surface area contributed by atoms with Gasteiger partial charge in [-0.3, -0.25) is 44.9 Å². The molecule has 0 unspecified atom stereocenters. The van der Waals surface area contributed by atoms with E-state index >= 15 is 0 Å². The summed E-state index contributed by atoms with van der Waals surface area (Å²) in [5.41, 5.74) is 17.7. The Morgan fingerprint density at radius 2 is 0.653 bits per heavy atom. The van der Waals surface area contributed by atoms with Crippen LogP contribution in [0.25, 0.3) is 109 Å². The van der Waals surface area contributed by atoms with Gasteiger partial charge in [0, 0.05) is 284 Å². The van der Waals surface area contributed by atoms with E-state index in [0.717, 1.165) is 208 Å². The van der Waals surface area contributed by atoms with Crippen LogP contribution >= 0.6 is 0 Å². The van der Waals surface area contributed by atoms with Crippen molar-refractivity contribution < 1.29 is 55.6 Å². The predicted molar refractivity (Wildman–Crippen MR) is 594 cm³/mol. The molecule has 5 N–H and O–H groups in total. The predicted octanol–water partition coefficient (Wildman–Crippen LogP) is 18.8. The molecule has 150 heavy (non-hydrogen) atoms. The van der Waals surface area contributed by atoms with Crippen LogP contribution in [0.2, 0.25) is 0 Å². The number of ether oxygens (including phenoxy) is 1. The lowest BCUT2D eigenvalue weighted by Crippen LogP contribution is -2.42. The summed E-state index contributed by atoms with van der Waals surface area (Å²) in [7, 11) is -14.2. The zero-order valence-corrected chi connectivity index (χ0v) is 89.7. The lowest BCUT2D eigenvalue weighted by Gasteiger charge is -2.32. The molecule has 20 rings (SSSR count). The van der Waals surface area contributed by atoms with Crippen molar-refractivity contribution in [3.05, 3.63) is 267 Å². The number of sulfonamides is 5. The van der Waals surface area contributed by atoms with E-state index in [-0.39, 0.29) is 53.3 Å². The third-order valence-corrected chi connectivity index (χ3v) is 36.5. The summed E-state index contributed by atoms with van der Waals surface area (Å²) < 4.78 is 160. The van der Waals surface area contributed by atoms with Crippen LogP contribution in [0, 0.1) is 24.1 Å². The summed E-state index contributed by atoms with van der Waals surface area (Å²) in [5.74, 6) is 0.447. The van der Waals surface area contributed by atoms with Crippen molar-refractivity contribution in [1.29, 1.82) is 5.26 Å². The molecule has 32 nitrogen and oxygen atoms in total. The Labute approximate surface area is 877 Å². The molecule has 0 amide bonds. The van der Waals surface area contributed by atoms with Crippen LogP contribution in [-0.2, 0) is 69.6 Å². The molecule has 0 atom stereocenters. The number of nitriles is 1. The second-order valence-corrected chi connectivity index (χ2v) is 48.8. The van der Waals surface area contributed by atoms with E-state index in [4.69, 9.17) is 4.74 Å². The lowest BCUT2D eigenvalue weighted by atomic mass is 9.99. The van der Waals surface area contributed by atoms with Gasteiger partial charge in [0.25, 0.3) is 0 Å². The number of fused-ring (bicyclic) bond motifs is 5. The second-order valence-electron chi connectivity index (χ2n) is 38.1. The van der Waals surface area contributed by atoms with Crippen molar-refractivity contribution in [1.82, 2.24) is 71.4 Å². The van der Waals surface area contributed by atoms with E-state index in [1.54, 1.807) is 100 Å². The number of nitrogens with zero attached hydrogens (tertiary/aromatic N) is 16. The average Bonchev–Trinajstić information content (AvgIpc) is 0.806. The minimum absolute atomic E-state index is 0.125. The zero-order chi connectivity index (χ0) is 106. The fourth-order valence-electron chi connectivity index (χ4n) is 19.5. The van der Waals surface area contributed by atoms with Crippen molar-refractivity contribution >= 4 is 132 Å². The highest BCUT2D eigenvalue weighted by Gasteiger charge is 2.33. The molecule has 39 heteroatoms. The fourth-order valence-corrected chi connectivity index (χ4v) is 24.7. The van der Waals surface area contributed by atoms with Crippen LogP contribution in [0.3, 0.4) is 0 Å². The van der Waals surface area contributed by atoms with E-state index < -0.39 is 56.8 Å². The Morgan fingerprint density at radius 1 is 0.340 bits per heavy atom. The van der Waals surface area contributed by atoms with Crippen molar-refractivity contribution in [2.45, 2.75) is 155 Å². The van der Waals surface area contributed by atoms with E-state index in [2.05, 4.69) is 145 Å². The van der Waals surface area contributed by atoms with Gasteiger partial charge in [-0.05, 0) is 298 Å². The molecule has 15 aromatic rings. The monoisotopic (exact) mass is 2130 g/mol. The average molecular weight is 2130 g/mol. The standard InChI is InChI=1S/C23H28N4O2S.2C22H25FN4O2S.C22H23N5O3S.C22H26N4O2S/c1-3-20-14-17(6-10-25-20)19-13-18-5-9-24-16-22(18)23(15-19)26-21-7-11-27(12-8-21)30(28,29)4-2;1-3-30(28,29)27-8-5-18(6-9-27)26-21-11-17(10-16-4-7-24-13-19(16)21)20-14-25-12-15(2)22(20)23;1-2-30(28,29)27-9-6-19(7-10-27)26-22-12-18(11-16-5-8-24-15-21(16)22)17-3-4-20(13-23)25-14-17;1-30-22-17(12-23)10-18(13-25-22)16-9-15-3-6-24-14-20(15)21(11-16)26-19-4-7-27(8-5-19)31(2,28)29;1-3-19-13-16(5-9-24-19)18-12-17-4-8-23-15-21(17)22(14-18)25-20-6-10-26(11-7-20)29(2,27)28/h5-6,9-10,13-16,21,26H,3-4,7-8,11-12H2,1-2H3;4,7,10-14,18,26H,3,5-6,8-9H2,1-2H3;3-5,8,11-12,14-15,19,26H,2,6-7,9-10,13H2,1H3;3,6,9-11,13-14,19,26H,4-5,7-8H2,1-2H3;4-5,8-9,12-15,20,25H,3,6-7,10-11H2,1-2H3. The van der Waals surface area contributed by atoms with Gasteiger partial charge in [0.2, 0.25) is 56.0 Å². The summed E-state index contributed by atoms with van der Waals surface area (Å²) in [6, 6.07) is 47.4. The fraction of sp³-hybridized carbons (Fsp3) is 0.360. The molecular formula is C111H127F2N21O11S5. The molecule has 5 aliphatic rings. The lowest BCUT2D eigenvalue weighted by molar-refractivity contribution is 0.330. The van der Waals surface area contributed by atoms with Gasteiger partial charge >= 0.3 is 0 Å². The summed E-state index contributed by atoms with van der Waals surface area (Å²) in [6.07, 6.45) is 40.1. The highest BCUT2D eigenvalue weighted by Crippen LogP contribution is 2.41. The van der Waals surface area contributed by atoms with Gasteiger partial charge in [-0.2, -0.15) is 5.26 Å². The molecule has 0 saturated carbocycles. The molecule has 0 radical (unpaired) electrons. The van der Waals surface area contributed by atoms with Crippen LogP contribution in [0.1, 0.15) is 127 Å². The third-order valence-electron chi connectivity index (χ3n) is 28.2. The first-order valence-corrected chi connectivity index (χ1v) is 59.3. The van der Waals surface area contributed by atoms with Crippen LogP contribution < -0.4 is 31.3 Å². The Bertz CT molecular complexity index is 7990. The van der Waals surface area contributed by atoms with Crippen molar-refractivity contribution in [2.75, 3.05) is 129 Å². The normalized spacial score (nSPS) is 16.0. The number of aromatic nitrogens is 10. The Morgan fingerprint density at radius 3 is 0.953 bits per heavy atom. The highest BCUT2D eigenvalue weighted by atomic mass is 32.2. The molecule has 5 fully saturated rings. The van der Waals surface area contributed by atoms with Crippen LogP contribution in [0.15, 0.2) is 233 Å². The number of nitrogens with one attached hydrogen (secondary N) is 5. The number of pyridine rings is 10. The third kappa shape index (κ3) is 27.1. The molecular weight excluding hydrogens is 2000 g/mol. The number of halogens is 2. The highest BCUT2D eigenvalue weighted by molar-refractivity contribution is 7.89. The summed E-state index contributed by atoms with van der Waals surface area (Å²) in [5, 5.41) is 37.9. The van der Waals surface area contributed by atoms with Gasteiger partial charge in [0.15, 0.2) is 0 Å². The van der Waals surface area contributed by atoms with Crippen molar-refractivity contribution in [2.24, 2.45) is 0 Å². The second kappa shape index (κ2) is 49.1. The first-order chi connectivity index (χ1) is 72.2. The zero-order valence-electron chi connectivity index (χ0n) is 85.7. The smallest absolute Gasteiger partial charge is 0.231 e. The molecule has 0 bridgehead atoms. The number of benzene rings is 5. The Hall–Kier alpha value is -13.4. The van der Waals surface area contributed by atoms with Gasteiger partial charge in [0.05, 0.1) is 42.6 Å². The van der Waals surface area contributed by atoms with Gasteiger partial charge in [-0.1, -0.05) is 19.9 Å². The number of aryl methyl sites for hydroxylation is 3. The van der Waals surface area contributed by atoms with Crippen molar-refractivity contribution in [3.63, 3.8) is 0 Å². The number of hydrogen-bond donors (Lipinski definition) is 5. The molecule has 5 saturated heterocycles. The summed E-state index contributed by atoms with van der Waals surface area (Å²) in [6.45, 7) is 15.7. The minimum Gasteiger partial charge on any atom is -0.480 e. The minimum atomic E-state index is -3.16. The molecule has 5 aromatic carbocycles. The SMILES string of the molecule is CCS(=O)(=O)N1CCC(Nc2cc(-c3ccc(CF)nc3)cc3ccncc23)CC1.CCS(=O)(=O)N1CCC(Nc2cc(-c3cncc(C)c3F)cc3ccncc23)CC1.CCc1cc(-c2cc(NC3CCN(S(=O)(=O)CC)CC3)c3cnccc3c2)ccn1.CCc1cc(-c2cc(NC3CCN(S(C)(=O)=O)CC3)c3cnccc3c2)ccn1.COc1ncc(-c2cc(NC3CCN(S(C)(=O)=O)CC3)c3cnccc3c2)cc1C#N. The van der Waals surface area contributed by atoms with Crippen LogP contribution in [0.5, 0.6) is 5.88 Å². The largest absolute Gasteiger partial charge is 0.480 e. The molecule has 0 aliphatic carbocycles. The van der Waals surface area contributed by atoms with E-state index in [9.17, 15) is 56.1 Å². The summed E-state index contributed by atoms with van der Waals surface area (Å²) in [4.78, 5) is 42.8. The first kappa shape index (κ1) is 109. The maximum absolute atomic E-state index is 14.7. The van der Waals surface area contributed by atoms with E-state index in [1.807, 2.05) is 122 Å². The number of piperidine rings is 5. The van der Waals surface area contributed by atoms with Crippen LogP contribution in [-0.4, -0.2) is 246 Å². The summed E-state index contributed by atoms with van der Waals surface area (Å²) >= 11 is 0. The molecule has 10 aromatic heterocycles.